The van der Waals surface area contributed by atoms with Crippen molar-refractivity contribution in [1.29, 1.82) is 0 Å². The van der Waals surface area contributed by atoms with Gasteiger partial charge in [-0.2, -0.15) is 0 Å². The highest BCUT2D eigenvalue weighted by atomic mass is 16.5. The third kappa shape index (κ3) is 4.06. The molecule has 1 aromatic rings. The van der Waals surface area contributed by atoms with Gasteiger partial charge in [0.15, 0.2) is 11.5 Å². The first-order valence-corrected chi connectivity index (χ1v) is 8.49. The number of hydrogen-bond donors (Lipinski definition) is 0. The maximum Gasteiger partial charge on any atom is 0.161 e. The van der Waals surface area contributed by atoms with Gasteiger partial charge in [0.05, 0.1) is 7.11 Å². The Kier molecular flexibility index (Phi) is 5.93. The van der Waals surface area contributed by atoms with Crippen molar-refractivity contribution in [3.63, 3.8) is 0 Å². The SMILES string of the molecule is C=CCc1ccc(OC)c(OC2CC(C)CCC2C(C)C)c1. The number of benzene rings is 1. The maximum atomic E-state index is 6.45. The molecule has 0 aromatic heterocycles. The molecule has 22 heavy (non-hydrogen) atoms. The molecule has 1 aromatic carbocycles. The third-order valence-corrected chi connectivity index (χ3v) is 4.85. The number of hydrogen-bond acceptors (Lipinski definition) is 2. The Morgan fingerprint density at radius 3 is 2.68 bits per heavy atom. The van der Waals surface area contributed by atoms with Gasteiger partial charge < -0.3 is 9.47 Å². The number of methoxy groups -OCH3 is 1. The average Bonchev–Trinajstić information content (AvgIpc) is 2.47. The zero-order valence-electron chi connectivity index (χ0n) is 14.5. The molecule has 3 unspecified atom stereocenters. The van der Waals surface area contributed by atoms with Crippen LogP contribution in [0.1, 0.15) is 45.6 Å². The number of rotatable bonds is 6. The normalized spacial score (nSPS) is 25.0. The Morgan fingerprint density at radius 2 is 2.05 bits per heavy atom. The monoisotopic (exact) mass is 302 g/mol. The molecule has 3 atom stereocenters. The van der Waals surface area contributed by atoms with Crippen LogP contribution in [0.3, 0.4) is 0 Å². The van der Waals surface area contributed by atoms with Crippen LogP contribution in [0.25, 0.3) is 0 Å². The molecule has 1 aliphatic carbocycles. The van der Waals surface area contributed by atoms with Gasteiger partial charge in [0, 0.05) is 0 Å². The molecule has 0 aliphatic heterocycles. The lowest BCUT2D eigenvalue weighted by atomic mass is 9.75. The van der Waals surface area contributed by atoms with Crippen molar-refractivity contribution < 1.29 is 9.47 Å². The van der Waals surface area contributed by atoms with Crippen LogP contribution in [-0.2, 0) is 6.42 Å². The fraction of sp³-hybridized carbons (Fsp3) is 0.600. The molecule has 0 bridgehead atoms. The van der Waals surface area contributed by atoms with E-state index >= 15 is 0 Å². The van der Waals surface area contributed by atoms with Gasteiger partial charge >= 0.3 is 0 Å². The lowest BCUT2D eigenvalue weighted by molar-refractivity contribution is 0.0440. The molecular weight excluding hydrogens is 272 g/mol. The third-order valence-electron chi connectivity index (χ3n) is 4.85. The van der Waals surface area contributed by atoms with Crippen LogP contribution in [-0.4, -0.2) is 13.2 Å². The lowest BCUT2D eigenvalue weighted by Gasteiger charge is -2.37. The molecule has 2 heteroatoms. The first-order chi connectivity index (χ1) is 10.5. The summed E-state index contributed by atoms with van der Waals surface area (Å²) in [7, 11) is 1.71. The van der Waals surface area contributed by atoms with E-state index in [1.807, 2.05) is 12.1 Å². The van der Waals surface area contributed by atoms with E-state index in [2.05, 4.69) is 39.5 Å². The van der Waals surface area contributed by atoms with Crippen molar-refractivity contribution >= 4 is 0 Å². The van der Waals surface area contributed by atoms with Crippen LogP contribution in [0.15, 0.2) is 30.9 Å². The van der Waals surface area contributed by atoms with Crippen molar-refractivity contribution in [3.05, 3.63) is 36.4 Å². The molecule has 1 aliphatic rings. The summed E-state index contributed by atoms with van der Waals surface area (Å²) in [5.41, 5.74) is 1.22. The first kappa shape index (κ1) is 16.9. The Labute approximate surface area is 135 Å². The summed E-state index contributed by atoms with van der Waals surface area (Å²) < 4.78 is 11.9. The highest BCUT2D eigenvalue weighted by molar-refractivity contribution is 5.43. The number of allylic oxidation sites excluding steroid dienone is 1. The summed E-state index contributed by atoms with van der Waals surface area (Å²) >= 11 is 0. The van der Waals surface area contributed by atoms with Crippen molar-refractivity contribution in [3.8, 4) is 11.5 Å². The van der Waals surface area contributed by atoms with Crippen LogP contribution in [0.4, 0.5) is 0 Å². The van der Waals surface area contributed by atoms with Crippen molar-refractivity contribution in [2.75, 3.05) is 7.11 Å². The summed E-state index contributed by atoms with van der Waals surface area (Å²) in [4.78, 5) is 0. The molecule has 0 N–H and O–H groups in total. The molecule has 2 nitrogen and oxygen atoms in total. The second-order valence-electron chi connectivity index (χ2n) is 6.96. The van der Waals surface area contributed by atoms with Gasteiger partial charge in [-0.25, -0.2) is 0 Å². The summed E-state index contributed by atoms with van der Waals surface area (Å²) in [6, 6.07) is 6.19. The first-order valence-electron chi connectivity index (χ1n) is 8.49. The van der Waals surface area contributed by atoms with Crippen LogP contribution in [0.2, 0.25) is 0 Å². The van der Waals surface area contributed by atoms with Gasteiger partial charge in [-0.05, 0) is 54.7 Å². The maximum absolute atomic E-state index is 6.45. The molecular formula is C20H30O2. The van der Waals surface area contributed by atoms with Crippen LogP contribution in [0, 0.1) is 17.8 Å². The van der Waals surface area contributed by atoms with Gasteiger partial charge in [0.2, 0.25) is 0 Å². The molecule has 0 amide bonds. The fourth-order valence-corrected chi connectivity index (χ4v) is 3.52. The molecule has 2 rings (SSSR count). The molecule has 0 spiro atoms. The zero-order chi connectivity index (χ0) is 16.1. The van der Waals surface area contributed by atoms with Crippen molar-refractivity contribution in [2.24, 2.45) is 17.8 Å². The molecule has 122 valence electrons. The topological polar surface area (TPSA) is 18.5 Å². The van der Waals surface area contributed by atoms with E-state index in [9.17, 15) is 0 Å². The second-order valence-corrected chi connectivity index (χ2v) is 6.96. The van der Waals surface area contributed by atoms with Gasteiger partial charge in [-0.3, -0.25) is 0 Å². The average molecular weight is 302 g/mol. The predicted octanol–water partition coefficient (Wildman–Crippen LogP) is 5.26. The van der Waals surface area contributed by atoms with E-state index in [-0.39, 0.29) is 6.10 Å². The highest BCUT2D eigenvalue weighted by Crippen LogP contribution is 2.38. The molecule has 1 saturated carbocycles. The molecule has 1 fully saturated rings. The minimum absolute atomic E-state index is 0.289. The molecule has 0 radical (unpaired) electrons. The largest absolute Gasteiger partial charge is 0.493 e. The van der Waals surface area contributed by atoms with E-state index in [1.165, 1.54) is 18.4 Å². The number of ether oxygens (including phenoxy) is 2. The van der Waals surface area contributed by atoms with Gasteiger partial charge in [-0.15, -0.1) is 6.58 Å². The summed E-state index contributed by atoms with van der Waals surface area (Å²) in [5.74, 6) is 3.73. The smallest absolute Gasteiger partial charge is 0.161 e. The minimum atomic E-state index is 0.289. The predicted molar refractivity (Wildman–Crippen MR) is 92.7 cm³/mol. The van der Waals surface area contributed by atoms with Crippen molar-refractivity contribution in [2.45, 2.75) is 52.6 Å². The summed E-state index contributed by atoms with van der Waals surface area (Å²) in [6.07, 6.45) is 6.78. The fourth-order valence-electron chi connectivity index (χ4n) is 3.52. The molecule has 0 saturated heterocycles. The Bertz CT molecular complexity index is 492. The minimum Gasteiger partial charge on any atom is -0.493 e. The molecule has 0 heterocycles. The van der Waals surface area contributed by atoms with Crippen molar-refractivity contribution in [1.82, 2.24) is 0 Å². The zero-order valence-corrected chi connectivity index (χ0v) is 14.5. The van der Waals surface area contributed by atoms with E-state index in [0.717, 1.165) is 30.3 Å². The Balaban J connectivity index is 2.22. The van der Waals surface area contributed by atoms with Gasteiger partial charge in [0.1, 0.15) is 6.10 Å². The van der Waals surface area contributed by atoms with Gasteiger partial charge in [-0.1, -0.05) is 39.3 Å². The highest BCUT2D eigenvalue weighted by Gasteiger charge is 2.32. The van der Waals surface area contributed by atoms with Crippen LogP contribution < -0.4 is 9.47 Å². The standard InChI is InChI=1S/C20H30O2/c1-6-7-16-9-11-18(21-5)20(13-16)22-19-12-15(4)8-10-17(19)14(2)3/h6,9,11,13-15,17,19H,1,7-8,10,12H2,2-5H3. The van der Waals surface area contributed by atoms with Crippen LogP contribution in [0.5, 0.6) is 11.5 Å². The van der Waals surface area contributed by atoms with E-state index < -0.39 is 0 Å². The van der Waals surface area contributed by atoms with E-state index in [4.69, 9.17) is 9.47 Å². The summed E-state index contributed by atoms with van der Waals surface area (Å²) in [5, 5.41) is 0. The summed E-state index contributed by atoms with van der Waals surface area (Å²) in [6.45, 7) is 10.8. The van der Waals surface area contributed by atoms with E-state index in [1.54, 1.807) is 7.11 Å². The lowest BCUT2D eigenvalue weighted by Crippen LogP contribution is -2.36. The second kappa shape index (κ2) is 7.71. The van der Waals surface area contributed by atoms with Crippen LogP contribution >= 0.6 is 0 Å². The quantitative estimate of drug-likeness (QED) is 0.667. The van der Waals surface area contributed by atoms with Gasteiger partial charge in [0.25, 0.3) is 0 Å². The Morgan fingerprint density at radius 1 is 1.27 bits per heavy atom. The van der Waals surface area contributed by atoms with E-state index in [0.29, 0.717) is 11.8 Å². The Hall–Kier alpha value is -1.44.